The maximum atomic E-state index is 6.17. The molecule has 0 saturated heterocycles. The Balaban J connectivity index is 2.16. The van der Waals surface area contributed by atoms with E-state index in [-0.39, 0.29) is 16.3 Å². The summed E-state index contributed by atoms with van der Waals surface area (Å²) >= 11 is 23.8. The van der Waals surface area contributed by atoms with Crippen LogP contribution in [0.1, 0.15) is 31.1 Å². The SMILES string of the molecule is CC(=NNC(C)c1ccc(Cl)cc1Cl)c1ncc(Cl)nc1Cl. The highest BCUT2D eigenvalue weighted by Crippen LogP contribution is 2.26. The van der Waals surface area contributed by atoms with Crippen molar-refractivity contribution in [2.24, 2.45) is 5.10 Å². The van der Waals surface area contributed by atoms with Crippen molar-refractivity contribution >= 4 is 52.1 Å². The first-order chi connectivity index (χ1) is 10.4. The quantitative estimate of drug-likeness (QED) is 0.590. The van der Waals surface area contributed by atoms with Crippen molar-refractivity contribution in [3.05, 3.63) is 56.0 Å². The lowest BCUT2D eigenvalue weighted by Crippen LogP contribution is -2.16. The zero-order chi connectivity index (χ0) is 16.3. The Bertz CT molecular complexity index is 718. The molecule has 1 N–H and O–H groups in total. The van der Waals surface area contributed by atoms with Crippen LogP contribution < -0.4 is 5.43 Å². The van der Waals surface area contributed by atoms with E-state index in [4.69, 9.17) is 46.4 Å². The molecule has 0 bridgehead atoms. The molecule has 0 saturated carbocycles. The Hall–Kier alpha value is -1.07. The lowest BCUT2D eigenvalue weighted by atomic mass is 10.1. The van der Waals surface area contributed by atoms with Crippen molar-refractivity contribution in [2.45, 2.75) is 19.9 Å². The van der Waals surface area contributed by atoms with Crippen LogP contribution in [0.4, 0.5) is 0 Å². The normalized spacial score (nSPS) is 13.1. The van der Waals surface area contributed by atoms with Crippen molar-refractivity contribution in [3.8, 4) is 0 Å². The average molecular weight is 378 g/mol. The van der Waals surface area contributed by atoms with Gasteiger partial charge in [-0.1, -0.05) is 52.5 Å². The van der Waals surface area contributed by atoms with E-state index in [0.29, 0.717) is 21.5 Å². The van der Waals surface area contributed by atoms with Crippen LogP contribution in [0.2, 0.25) is 20.4 Å². The van der Waals surface area contributed by atoms with Gasteiger partial charge in [0.2, 0.25) is 0 Å². The molecule has 4 nitrogen and oxygen atoms in total. The topological polar surface area (TPSA) is 50.2 Å². The van der Waals surface area contributed by atoms with Gasteiger partial charge in [0, 0.05) is 10.0 Å². The third-order valence-corrected chi connectivity index (χ3v) is 3.91. The molecule has 1 heterocycles. The number of aromatic nitrogens is 2. The molecule has 0 aliphatic carbocycles. The molecule has 1 aromatic carbocycles. The molecule has 0 aliphatic heterocycles. The van der Waals surface area contributed by atoms with Crippen LogP contribution in [0.25, 0.3) is 0 Å². The fourth-order valence-electron chi connectivity index (χ4n) is 1.76. The summed E-state index contributed by atoms with van der Waals surface area (Å²) in [7, 11) is 0. The molecular weight excluding hydrogens is 366 g/mol. The van der Waals surface area contributed by atoms with Gasteiger partial charge < -0.3 is 5.43 Å². The molecule has 1 unspecified atom stereocenters. The van der Waals surface area contributed by atoms with E-state index in [0.717, 1.165) is 5.56 Å². The van der Waals surface area contributed by atoms with Gasteiger partial charge in [-0.2, -0.15) is 5.10 Å². The number of nitrogens with zero attached hydrogens (tertiary/aromatic N) is 3. The van der Waals surface area contributed by atoms with Gasteiger partial charge >= 0.3 is 0 Å². The Labute approximate surface area is 148 Å². The molecule has 0 fully saturated rings. The van der Waals surface area contributed by atoms with E-state index in [2.05, 4.69) is 20.5 Å². The van der Waals surface area contributed by atoms with Gasteiger partial charge in [-0.15, -0.1) is 0 Å². The number of halogens is 4. The van der Waals surface area contributed by atoms with Crippen LogP contribution in [0.15, 0.2) is 29.5 Å². The van der Waals surface area contributed by atoms with E-state index in [1.54, 1.807) is 19.1 Å². The molecule has 116 valence electrons. The zero-order valence-corrected chi connectivity index (χ0v) is 14.8. The highest BCUT2D eigenvalue weighted by Gasteiger charge is 2.11. The second-order valence-electron chi connectivity index (χ2n) is 4.55. The zero-order valence-electron chi connectivity index (χ0n) is 11.7. The number of hydrogen-bond donors (Lipinski definition) is 1. The smallest absolute Gasteiger partial charge is 0.158 e. The van der Waals surface area contributed by atoms with Crippen LogP contribution in [0.5, 0.6) is 0 Å². The van der Waals surface area contributed by atoms with E-state index < -0.39 is 0 Å². The number of nitrogens with one attached hydrogen (secondary N) is 1. The number of hydrogen-bond acceptors (Lipinski definition) is 4. The van der Waals surface area contributed by atoms with Crippen molar-refractivity contribution in [1.29, 1.82) is 0 Å². The van der Waals surface area contributed by atoms with E-state index >= 15 is 0 Å². The van der Waals surface area contributed by atoms with Gasteiger partial charge in [0.15, 0.2) is 5.15 Å². The Morgan fingerprint density at radius 1 is 1.23 bits per heavy atom. The van der Waals surface area contributed by atoms with Gasteiger partial charge in [0.05, 0.1) is 18.0 Å². The minimum absolute atomic E-state index is 0.112. The molecule has 0 aliphatic rings. The first kappa shape index (κ1) is 17.3. The minimum Gasteiger partial charge on any atom is -0.302 e. The highest BCUT2D eigenvalue weighted by molar-refractivity contribution is 6.35. The maximum absolute atomic E-state index is 6.17. The summed E-state index contributed by atoms with van der Waals surface area (Å²) in [5.74, 6) is 0. The monoisotopic (exact) mass is 376 g/mol. The highest BCUT2D eigenvalue weighted by atomic mass is 35.5. The van der Waals surface area contributed by atoms with E-state index in [1.807, 2.05) is 13.0 Å². The van der Waals surface area contributed by atoms with Gasteiger partial charge in [-0.25, -0.2) is 9.97 Å². The second kappa shape index (κ2) is 7.47. The van der Waals surface area contributed by atoms with E-state index in [1.165, 1.54) is 6.20 Å². The van der Waals surface area contributed by atoms with Crippen LogP contribution in [0.3, 0.4) is 0 Å². The Kier molecular flexibility index (Phi) is 5.87. The number of benzene rings is 1. The van der Waals surface area contributed by atoms with Gasteiger partial charge in [-0.3, -0.25) is 0 Å². The summed E-state index contributed by atoms with van der Waals surface area (Å²) in [5, 5.41) is 5.86. The first-order valence-electron chi connectivity index (χ1n) is 6.31. The van der Waals surface area contributed by atoms with Gasteiger partial charge in [0.25, 0.3) is 0 Å². The van der Waals surface area contributed by atoms with Gasteiger partial charge in [0.1, 0.15) is 10.8 Å². The summed E-state index contributed by atoms with van der Waals surface area (Å²) in [6.45, 7) is 3.70. The third-order valence-electron chi connectivity index (χ3n) is 2.90. The number of hydrazone groups is 1. The van der Waals surface area contributed by atoms with Crippen LogP contribution in [-0.2, 0) is 0 Å². The maximum Gasteiger partial charge on any atom is 0.158 e. The number of rotatable bonds is 4. The van der Waals surface area contributed by atoms with Gasteiger partial charge in [-0.05, 0) is 31.5 Å². The molecule has 0 spiro atoms. The van der Waals surface area contributed by atoms with Crippen molar-refractivity contribution in [2.75, 3.05) is 0 Å². The lowest BCUT2D eigenvalue weighted by Gasteiger charge is -2.14. The first-order valence-corrected chi connectivity index (χ1v) is 7.83. The lowest BCUT2D eigenvalue weighted by molar-refractivity contribution is 0.605. The van der Waals surface area contributed by atoms with Crippen LogP contribution in [-0.4, -0.2) is 15.7 Å². The molecule has 2 rings (SSSR count). The predicted octanol–water partition coefficient (Wildman–Crippen LogP) is 5.17. The Morgan fingerprint density at radius 3 is 2.59 bits per heavy atom. The van der Waals surface area contributed by atoms with Crippen LogP contribution in [0, 0.1) is 0 Å². The summed E-state index contributed by atoms with van der Waals surface area (Å²) in [6.07, 6.45) is 1.42. The average Bonchev–Trinajstić information content (AvgIpc) is 2.44. The molecule has 1 aromatic heterocycles. The van der Waals surface area contributed by atoms with E-state index in [9.17, 15) is 0 Å². The molecule has 0 amide bonds. The second-order valence-corrected chi connectivity index (χ2v) is 6.13. The van der Waals surface area contributed by atoms with Crippen LogP contribution >= 0.6 is 46.4 Å². The largest absolute Gasteiger partial charge is 0.302 e. The molecule has 22 heavy (non-hydrogen) atoms. The molecule has 0 radical (unpaired) electrons. The third kappa shape index (κ3) is 4.23. The fraction of sp³-hybridized carbons (Fsp3) is 0.214. The molecular formula is C14H12Cl4N4. The molecule has 8 heteroatoms. The van der Waals surface area contributed by atoms with Crippen molar-refractivity contribution in [3.63, 3.8) is 0 Å². The van der Waals surface area contributed by atoms with Crippen molar-refractivity contribution < 1.29 is 0 Å². The predicted molar refractivity (Wildman–Crippen MR) is 92.3 cm³/mol. The summed E-state index contributed by atoms with van der Waals surface area (Å²) in [4.78, 5) is 8.04. The van der Waals surface area contributed by atoms with Crippen molar-refractivity contribution in [1.82, 2.24) is 15.4 Å². The fourth-order valence-corrected chi connectivity index (χ4v) is 2.78. The standard InChI is InChI=1S/C14H12Cl4N4/c1-7(10-4-3-9(15)5-11(10)16)21-22-8(2)13-14(18)20-12(17)6-19-13/h3-7,21H,1-2H3. The summed E-state index contributed by atoms with van der Waals surface area (Å²) < 4.78 is 0. The minimum atomic E-state index is -0.112. The molecule has 1 atom stereocenters. The Morgan fingerprint density at radius 2 is 1.95 bits per heavy atom. The molecule has 2 aromatic rings. The summed E-state index contributed by atoms with van der Waals surface area (Å²) in [6, 6.07) is 5.20. The summed E-state index contributed by atoms with van der Waals surface area (Å²) in [5.41, 5.74) is 4.94.